The fourth-order valence-electron chi connectivity index (χ4n) is 2.54. The molecule has 1 heterocycles. The van der Waals surface area contributed by atoms with E-state index in [2.05, 4.69) is 10.1 Å². The third-order valence-electron chi connectivity index (χ3n) is 3.80. The second-order valence-electron chi connectivity index (χ2n) is 5.81. The second kappa shape index (κ2) is 9.27. The lowest BCUT2D eigenvalue weighted by Gasteiger charge is -2.29. The molecule has 1 aromatic carbocycles. The molecule has 2 rings (SSSR count). The minimum Gasteiger partial charge on any atom is -0.534 e. The lowest BCUT2D eigenvalue weighted by Crippen LogP contribution is -2.53. The van der Waals surface area contributed by atoms with E-state index in [0.717, 1.165) is 0 Å². The van der Waals surface area contributed by atoms with Gasteiger partial charge in [-0.15, -0.1) is 0 Å². The Morgan fingerprint density at radius 1 is 1.33 bits per heavy atom. The van der Waals surface area contributed by atoms with Crippen LogP contribution in [0.25, 0.3) is 0 Å². The number of para-hydroxylation sites is 1. The Balaban J connectivity index is 2.10. The number of hydrogen-bond acceptors (Lipinski definition) is 8. The molecule has 0 saturated carbocycles. The Morgan fingerprint density at radius 3 is 2.74 bits per heavy atom. The maximum absolute atomic E-state index is 12.4. The number of carbonyl (C=O) groups excluding carboxylic acids is 3. The molecule has 0 spiro atoms. The summed E-state index contributed by atoms with van der Waals surface area (Å²) in [6, 6.07) is 4.82. The predicted molar refractivity (Wildman–Crippen MR) is 94.0 cm³/mol. The van der Waals surface area contributed by atoms with Gasteiger partial charge < -0.3 is 29.2 Å². The first kappa shape index (κ1) is 20.6. The number of amides is 1. The minimum absolute atomic E-state index is 0.0751. The summed E-state index contributed by atoms with van der Waals surface area (Å²) in [5.74, 6) is -1.46. The average molecular weight is 379 g/mol. The van der Waals surface area contributed by atoms with Crippen LogP contribution in [0.1, 0.15) is 43.1 Å². The molecule has 0 saturated heterocycles. The highest BCUT2D eigenvalue weighted by Gasteiger charge is 2.37. The van der Waals surface area contributed by atoms with Crippen LogP contribution in [-0.4, -0.2) is 49.0 Å². The van der Waals surface area contributed by atoms with E-state index >= 15 is 0 Å². The normalized spacial score (nSPS) is 16.4. The smallest absolute Gasteiger partial charge is 0.534 e. The third-order valence-corrected chi connectivity index (χ3v) is 3.80. The van der Waals surface area contributed by atoms with E-state index in [0.29, 0.717) is 5.56 Å². The van der Waals surface area contributed by atoms with E-state index in [9.17, 15) is 19.4 Å². The van der Waals surface area contributed by atoms with Gasteiger partial charge in [0.25, 0.3) is 0 Å². The van der Waals surface area contributed by atoms with Gasteiger partial charge in [0.15, 0.2) is 0 Å². The molecule has 1 aliphatic heterocycles. The fourth-order valence-corrected chi connectivity index (χ4v) is 2.54. The van der Waals surface area contributed by atoms with Gasteiger partial charge in [-0.1, -0.05) is 19.1 Å². The van der Waals surface area contributed by atoms with Crippen LogP contribution in [0.15, 0.2) is 18.2 Å². The second-order valence-corrected chi connectivity index (χ2v) is 5.81. The Bertz CT molecular complexity index is 710. The number of hydrogen-bond donors (Lipinski definition) is 2. The summed E-state index contributed by atoms with van der Waals surface area (Å²) in [6.07, 6.45) is -1.55. The molecule has 2 atom stereocenters. The van der Waals surface area contributed by atoms with E-state index in [1.165, 1.54) is 13.0 Å². The zero-order valence-corrected chi connectivity index (χ0v) is 15.4. The van der Waals surface area contributed by atoms with Crippen LogP contribution < -0.4 is 9.97 Å². The van der Waals surface area contributed by atoms with Crippen LogP contribution in [0.2, 0.25) is 0 Å². The Morgan fingerprint density at radius 2 is 2.07 bits per heavy atom. The largest absolute Gasteiger partial charge is 0.547 e. The van der Waals surface area contributed by atoms with Gasteiger partial charge in [-0.05, 0) is 25.0 Å². The molecular formula is C17H22BNO8. The fraction of sp³-hybridized carbons (Fsp3) is 0.471. The van der Waals surface area contributed by atoms with Crippen molar-refractivity contribution in [2.24, 2.45) is 0 Å². The number of ether oxygens (including phenoxy) is 3. The van der Waals surface area contributed by atoms with Crippen molar-refractivity contribution in [3.63, 3.8) is 0 Å². The highest BCUT2D eigenvalue weighted by Crippen LogP contribution is 2.31. The molecule has 1 aromatic rings. The SMILES string of the molecule is CCOC(=O)OC(C)OC(=O)c1cccc2c1OB(O)C(NC(=O)CC)C2. The molecule has 0 fully saturated rings. The molecule has 0 aliphatic carbocycles. The summed E-state index contributed by atoms with van der Waals surface area (Å²) in [5.41, 5.74) is 0.709. The van der Waals surface area contributed by atoms with E-state index in [-0.39, 0.29) is 36.7 Å². The average Bonchev–Trinajstić information content (AvgIpc) is 2.61. The number of rotatable bonds is 6. The molecule has 27 heavy (non-hydrogen) atoms. The first-order valence-corrected chi connectivity index (χ1v) is 8.66. The summed E-state index contributed by atoms with van der Waals surface area (Å²) < 4.78 is 19.9. The Labute approximate surface area is 157 Å². The van der Waals surface area contributed by atoms with Gasteiger partial charge in [0, 0.05) is 13.3 Å². The highest BCUT2D eigenvalue weighted by atomic mass is 16.8. The summed E-state index contributed by atoms with van der Waals surface area (Å²) in [4.78, 5) is 35.2. The van der Waals surface area contributed by atoms with Gasteiger partial charge in [-0.25, -0.2) is 9.59 Å². The molecule has 2 unspecified atom stereocenters. The van der Waals surface area contributed by atoms with Crippen molar-refractivity contribution in [3.05, 3.63) is 29.3 Å². The zero-order valence-electron chi connectivity index (χ0n) is 15.4. The summed E-state index contributed by atoms with van der Waals surface area (Å²) in [6.45, 7) is 4.82. The van der Waals surface area contributed by atoms with Crippen molar-refractivity contribution in [2.75, 3.05) is 6.61 Å². The lowest BCUT2D eigenvalue weighted by atomic mass is 9.72. The Kier molecular flexibility index (Phi) is 7.06. The van der Waals surface area contributed by atoms with Crippen LogP contribution in [0.3, 0.4) is 0 Å². The third kappa shape index (κ3) is 5.36. The van der Waals surface area contributed by atoms with Gasteiger partial charge >= 0.3 is 19.2 Å². The van der Waals surface area contributed by atoms with Crippen molar-refractivity contribution in [1.29, 1.82) is 0 Å². The molecule has 10 heteroatoms. The summed E-state index contributed by atoms with van der Waals surface area (Å²) in [7, 11) is -1.31. The van der Waals surface area contributed by atoms with Gasteiger partial charge in [0.1, 0.15) is 11.3 Å². The van der Waals surface area contributed by atoms with E-state index < -0.39 is 31.5 Å². The first-order chi connectivity index (χ1) is 12.8. The first-order valence-electron chi connectivity index (χ1n) is 8.66. The van der Waals surface area contributed by atoms with Crippen LogP contribution in [-0.2, 0) is 25.4 Å². The van der Waals surface area contributed by atoms with Crippen molar-refractivity contribution in [2.45, 2.75) is 45.8 Å². The van der Waals surface area contributed by atoms with E-state index in [1.807, 2.05) is 0 Å². The van der Waals surface area contributed by atoms with Crippen LogP contribution in [0, 0.1) is 0 Å². The van der Waals surface area contributed by atoms with Crippen molar-refractivity contribution in [1.82, 2.24) is 5.32 Å². The molecular weight excluding hydrogens is 357 g/mol. The molecule has 1 amide bonds. The highest BCUT2D eigenvalue weighted by molar-refractivity contribution is 6.47. The molecule has 1 aliphatic rings. The number of benzene rings is 1. The quantitative estimate of drug-likeness (QED) is 0.430. The predicted octanol–water partition coefficient (Wildman–Crippen LogP) is 1.21. The monoisotopic (exact) mass is 379 g/mol. The number of nitrogens with one attached hydrogen (secondary N) is 1. The molecule has 0 radical (unpaired) electrons. The van der Waals surface area contributed by atoms with Gasteiger partial charge in [0.05, 0.1) is 12.5 Å². The zero-order chi connectivity index (χ0) is 20.0. The molecule has 0 aromatic heterocycles. The van der Waals surface area contributed by atoms with Crippen LogP contribution in [0.4, 0.5) is 4.79 Å². The molecule has 9 nitrogen and oxygen atoms in total. The van der Waals surface area contributed by atoms with Crippen molar-refractivity contribution in [3.8, 4) is 5.75 Å². The molecule has 2 N–H and O–H groups in total. The Hall–Kier alpha value is -2.75. The summed E-state index contributed by atoms with van der Waals surface area (Å²) >= 11 is 0. The van der Waals surface area contributed by atoms with Crippen LogP contribution in [0.5, 0.6) is 5.75 Å². The maximum atomic E-state index is 12.4. The van der Waals surface area contributed by atoms with Gasteiger partial charge in [-0.3, -0.25) is 4.79 Å². The standard InChI is InChI=1S/C17H22BNO8/c1-4-14(20)19-13-9-11-7-6-8-12(15(11)27-18(13)23)16(21)25-10(3)26-17(22)24-5-2/h6-8,10,13,23H,4-5,9H2,1-3H3,(H,19,20). The maximum Gasteiger partial charge on any atom is 0.547 e. The van der Waals surface area contributed by atoms with E-state index in [4.69, 9.17) is 14.1 Å². The number of fused-ring (bicyclic) bond motifs is 1. The lowest BCUT2D eigenvalue weighted by molar-refractivity contribution is -0.121. The summed E-state index contributed by atoms with van der Waals surface area (Å²) in [5, 5.41) is 12.8. The number of esters is 1. The molecule has 146 valence electrons. The molecule has 0 bridgehead atoms. The van der Waals surface area contributed by atoms with Gasteiger partial charge in [-0.2, -0.15) is 0 Å². The van der Waals surface area contributed by atoms with Crippen molar-refractivity contribution < 1.29 is 38.3 Å². The topological polar surface area (TPSA) is 120 Å². The minimum atomic E-state index is -1.31. The van der Waals surface area contributed by atoms with Crippen LogP contribution >= 0.6 is 0 Å². The van der Waals surface area contributed by atoms with Crippen molar-refractivity contribution >= 4 is 25.2 Å². The van der Waals surface area contributed by atoms with Gasteiger partial charge in [0.2, 0.25) is 12.2 Å². The van der Waals surface area contributed by atoms with E-state index in [1.54, 1.807) is 26.0 Å². The number of carbonyl (C=O) groups is 3.